The normalized spacial score (nSPS) is 9.93. The molecule has 75 valence electrons. The van der Waals surface area contributed by atoms with Crippen molar-refractivity contribution in [3.63, 3.8) is 0 Å². The molecule has 0 aliphatic heterocycles. The molecule has 0 spiro atoms. The lowest BCUT2D eigenvalue weighted by atomic mass is 10.3. The summed E-state index contributed by atoms with van der Waals surface area (Å²) < 4.78 is 5.38. The van der Waals surface area contributed by atoms with Crippen LogP contribution in [0.15, 0.2) is 36.5 Å². The molecule has 4 nitrogen and oxygen atoms in total. The predicted octanol–water partition coefficient (Wildman–Crippen LogP) is 2.84. The number of nitrogens with one attached hydrogen (secondary N) is 1. The fourth-order valence-corrected chi connectivity index (χ4v) is 1.26. The number of nitrogens with zero attached hydrogens (tertiary/aromatic N) is 2. The Kier molecular flexibility index (Phi) is 2.69. The SMILES string of the molecule is [NH]c1ccc(Oc2cccnn2)c(Cl)c1. The minimum Gasteiger partial charge on any atom is -0.436 e. The largest absolute Gasteiger partial charge is 0.436 e. The van der Waals surface area contributed by atoms with Crippen LogP contribution in [0, 0.1) is 0 Å². The molecule has 5 heteroatoms. The standard InChI is InChI=1S/C10H7ClN3O/c11-8-6-7(12)3-4-9(8)15-10-2-1-5-13-14-10/h1-6,12H. The third kappa shape index (κ3) is 2.35. The van der Waals surface area contributed by atoms with Crippen LogP contribution in [0.3, 0.4) is 0 Å². The first-order chi connectivity index (χ1) is 7.25. The van der Waals surface area contributed by atoms with E-state index < -0.39 is 0 Å². The first-order valence-corrected chi connectivity index (χ1v) is 4.60. The Balaban J connectivity index is 2.25. The summed E-state index contributed by atoms with van der Waals surface area (Å²) in [6, 6.07) is 8.12. The molecule has 0 unspecified atom stereocenters. The van der Waals surface area contributed by atoms with Crippen LogP contribution in [0.4, 0.5) is 5.69 Å². The van der Waals surface area contributed by atoms with E-state index in [1.54, 1.807) is 30.5 Å². The molecule has 1 heterocycles. The number of hydrogen-bond acceptors (Lipinski definition) is 3. The minimum absolute atomic E-state index is 0.339. The van der Waals surface area contributed by atoms with Gasteiger partial charge in [-0.05, 0) is 24.3 Å². The van der Waals surface area contributed by atoms with Gasteiger partial charge in [-0.15, -0.1) is 5.10 Å². The van der Waals surface area contributed by atoms with Crippen LogP contribution >= 0.6 is 11.6 Å². The second-order valence-electron chi connectivity index (χ2n) is 2.81. The maximum absolute atomic E-state index is 7.34. The van der Waals surface area contributed by atoms with Gasteiger partial charge in [0, 0.05) is 12.3 Å². The molecule has 0 saturated carbocycles. The summed E-state index contributed by atoms with van der Waals surface area (Å²) in [5.74, 6) is 0.838. The van der Waals surface area contributed by atoms with Crippen molar-refractivity contribution in [1.29, 1.82) is 0 Å². The highest BCUT2D eigenvalue weighted by Gasteiger charge is 2.04. The third-order valence-electron chi connectivity index (χ3n) is 1.69. The lowest BCUT2D eigenvalue weighted by Crippen LogP contribution is -1.89. The molecule has 0 saturated heterocycles. The Hall–Kier alpha value is -1.81. The van der Waals surface area contributed by atoms with Gasteiger partial charge in [0.15, 0.2) is 0 Å². The molecule has 1 aromatic heterocycles. The summed E-state index contributed by atoms with van der Waals surface area (Å²) in [5, 5.41) is 7.82. The Morgan fingerprint density at radius 3 is 2.80 bits per heavy atom. The average molecular weight is 221 g/mol. The summed E-state index contributed by atoms with van der Waals surface area (Å²) in [6.07, 6.45) is 1.56. The first kappa shape index (κ1) is 9.73. The number of benzene rings is 1. The molecule has 2 rings (SSSR count). The maximum atomic E-state index is 7.34. The van der Waals surface area contributed by atoms with E-state index in [1.165, 1.54) is 6.07 Å². The maximum Gasteiger partial charge on any atom is 0.238 e. The van der Waals surface area contributed by atoms with Gasteiger partial charge >= 0.3 is 0 Å². The molecule has 1 N–H and O–H groups in total. The molecule has 2 aromatic rings. The summed E-state index contributed by atoms with van der Waals surface area (Å²) in [7, 11) is 0. The summed E-state index contributed by atoms with van der Waals surface area (Å²) in [4.78, 5) is 0. The van der Waals surface area contributed by atoms with E-state index in [1.807, 2.05) is 0 Å². The third-order valence-corrected chi connectivity index (χ3v) is 1.99. The second kappa shape index (κ2) is 4.14. The molecular weight excluding hydrogens is 214 g/mol. The van der Waals surface area contributed by atoms with Crippen LogP contribution in [0.25, 0.3) is 0 Å². The van der Waals surface area contributed by atoms with Gasteiger partial charge in [-0.2, -0.15) is 5.10 Å². The van der Waals surface area contributed by atoms with Crippen molar-refractivity contribution in [2.75, 3.05) is 0 Å². The number of ether oxygens (including phenoxy) is 1. The van der Waals surface area contributed by atoms with Crippen molar-refractivity contribution in [3.8, 4) is 11.6 Å². The van der Waals surface area contributed by atoms with Crippen molar-refractivity contribution < 1.29 is 4.74 Å². The summed E-state index contributed by atoms with van der Waals surface area (Å²) in [5.41, 5.74) is 7.68. The van der Waals surface area contributed by atoms with E-state index in [0.717, 1.165) is 0 Å². The van der Waals surface area contributed by atoms with Crippen LogP contribution in [0.5, 0.6) is 11.6 Å². The molecule has 0 aliphatic rings. The van der Waals surface area contributed by atoms with Gasteiger partial charge < -0.3 is 10.5 Å². The molecule has 0 aliphatic carbocycles. The Morgan fingerprint density at radius 2 is 2.13 bits per heavy atom. The number of hydrogen-bond donors (Lipinski definition) is 0. The van der Waals surface area contributed by atoms with Gasteiger partial charge in [0.05, 0.1) is 10.7 Å². The van der Waals surface area contributed by atoms with Gasteiger partial charge in [-0.25, -0.2) is 0 Å². The zero-order valence-electron chi connectivity index (χ0n) is 7.64. The quantitative estimate of drug-likeness (QED) is 0.782. The van der Waals surface area contributed by atoms with Crippen LogP contribution in [-0.2, 0) is 0 Å². The Labute approximate surface area is 91.7 Å². The molecular formula is C10H7ClN3O. The summed E-state index contributed by atoms with van der Waals surface area (Å²) in [6.45, 7) is 0. The summed E-state index contributed by atoms with van der Waals surface area (Å²) >= 11 is 5.89. The lowest BCUT2D eigenvalue weighted by molar-refractivity contribution is 0.455. The molecule has 0 amide bonds. The molecule has 0 fully saturated rings. The predicted molar refractivity (Wildman–Crippen MR) is 56.3 cm³/mol. The van der Waals surface area contributed by atoms with Crippen LogP contribution in [0.1, 0.15) is 0 Å². The zero-order chi connectivity index (χ0) is 10.7. The van der Waals surface area contributed by atoms with Crippen molar-refractivity contribution >= 4 is 17.3 Å². The smallest absolute Gasteiger partial charge is 0.238 e. The van der Waals surface area contributed by atoms with Crippen LogP contribution < -0.4 is 10.5 Å². The van der Waals surface area contributed by atoms with Crippen LogP contribution in [0.2, 0.25) is 5.02 Å². The lowest BCUT2D eigenvalue weighted by Gasteiger charge is -2.05. The van der Waals surface area contributed by atoms with Gasteiger partial charge in [-0.1, -0.05) is 11.6 Å². The fourth-order valence-electron chi connectivity index (χ4n) is 1.04. The highest BCUT2D eigenvalue weighted by atomic mass is 35.5. The molecule has 0 bridgehead atoms. The van der Waals surface area contributed by atoms with Crippen molar-refractivity contribution in [1.82, 2.24) is 15.9 Å². The monoisotopic (exact) mass is 220 g/mol. The van der Waals surface area contributed by atoms with Gasteiger partial charge in [0.25, 0.3) is 0 Å². The molecule has 1 radical (unpaired) electrons. The van der Waals surface area contributed by atoms with Crippen molar-refractivity contribution in [3.05, 3.63) is 41.6 Å². The number of halogens is 1. The second-order valence-corrected chi connectivity index (χ2v) is 3.22. The van der Waals surface area contributed by atoms with E-state index >= 15 is 0 Å². The zero-order valence-corrected chi connectivity index (χ0v) is 8.40. The van der Waals surface area contributed by atoms with E-state index in [4.69, 9.17) is 22.1 Å². The van der Waals surface area contributed by atoms with E-state index in [9.17, 15) is 0 Å². The van der Waals surface area contributed by atoms with Gasteiger partial charge in [-0.3, -0.25) is 0 Å². The molecule has 15 heavy (non-hydrogen) atoms. The number of aromatic nitrogens is 2. The Morgan fingerprint density at radius 1 is 1.27 bits per heavy atom. The minimum atomic E-state index is 0.339. The van der Waals surface area contributed by atoms with E-state index in [-0.39, 0.29) is 0 Å². The molecule has 0 atom stereocenters. The first-order valence-electron chi connectivity index (χ1n) is 4.22. The average Bonchev–Trinajstić information content (AvgIpc) is 2.24. The van der Waals surface area contributed by atoms with Crippen LogP contribution in [-0.4, -0.2) is 10.2 Å². The fraction of sp³-hybridized carbons (Fsp3) is 0. The van der Waals surface area contributed by atoms with E-state index in [0.29, 0.717) is 22.3 Å². The number of rotatable bonds is 2. The van der Waals surface area contributed by atoms with Crippen molar-refractivity contribution in [2.24, 2.45) is 0 Å². The van der Waals surface area contributed by atoms with Gasteiger partial charge in [0.2, 0.25) is 5.88 Å². The Bertz CT molecular complexity index is 461. The van der Waals surface area contributed by atoms with Crippen molar-refractivity contribution in [2.45, 2.75) is 0 Å². The topological polar surface area (TPSA) is 58.8 Å². The molecule has 1 aromatic carbocycles. The van der Waals surface area contributed by atoms with Gasteiger partial charge in [0.1, 0.15) is 5.75 Å². The highest BCUT2D eigenvalue weighted by Crippen LogP contribution is 2.29. The highest BCUT2D eigenvalue weighted by molar-refractivity contribution is 6.32. The van der Waals surface area contributed by atoms with E-state index in [2.05, 4.69) is 10.2 Å².